The van der Waals surface area contributed by atoms with Gasteiger partial charge in [0.25, 0.3) is 0 Å². The summed E-state index contributed by atoms with van der Waals surface area (Å²) < 4.78 is 0. The number of para-hydroxylation sites is 1. The number of carbonyl (C=O) groups is 4. The molecule has 0 radical (unpaired) electrons. The number of nitrogens with zero attached hydrogens (tertiary/aromatic N) is 2. The molecule has 0 bridgehead atoms. The quantitative estimate of drug-likeness (QED) is 0.107. The monoisotopic (exact) mass is 535 g/mol. The van der Waals surface area contributed by atoms with E-state index in [0.717, 1.165) is 16.5 Å². The van der Waals surface area contributed by atoms with E-state index in [0.29, 0.717) is 11.4 Å². The number of benzene rings is 1. The summed E-state index contributed by atoms with van der Waals surface area (Å²) in [5.41, 5.74) is 8.66. The van der Waals surface area contributed by atoms with Crippen molar-refractivity contribution in [1.29, 1.82) is 0 Å². The van der Waals surface area contributed by atoms with Crippen LogP contribution in [0.5, 0.6) is 0 Å². The van der Waals surface area contributed by atoms with Crippen molar-refractivity contribution in [2.45, 2.75) is 37.4 Å². The van der Waals surface area contributed by atoms with Gasteiger partial charge in [-0.15, -0.1) is 0 Å². The highest BCUT2D eigenvalue weighted by atomic mass is 16.4. The maximum absolute atomic E-state index is 13.2. The van der Waals surface area contributed by atoms with Crippen LogP contribution in [0.2, 0.25) is 0 Å². The molecule has 3 heterocycles. The third kappa shape index (κ3) is 7.29. The Kier molecular flexibility index (Phi) is 8.68. The molecular formula is C25H29N9O5. The van der Waals surface area contributed by atoms with Gasteiger partial charge < -0.3 is 41.7 Å². The summed E-state index contributed by atoms with van der Waals surface area (Å²) in [5, 5.41) is 18.2. The fourth-order valence-electron chi connectivity index (χ4n) is 4.09. The van der Waals surface area contributed by atoms with Crippen LogP contribution >= 0.6 is 0 Å². The fraction of sp³-hybridized carbons (Fsp3) is 0.280. The predicted octanol–water partition coefficient (Wildman–Crippen LogP) is -0.860. The summed E-state index contributed by atoms with van der Waals surface area (Å²) in [7, 11) is 0. The van der Waals surface area contributed by atoms with Gasteiger partial charge in [-0.3, -0.25) is 14.4 Å². The molecule has 3 aromatic heterocycles. The maximum atomic E-state index is 13.2. The number of aliphatic carboxylic acids is 1. The Hall–Kier alpha value is -4.98. The molecule has 9 N–H and O–H groups in total. The number of imidazole rings is 2. The first-order valence-electron chi connectivity index (χ1n) is 12.2. The highest BCUT2D eigenvalue weighted by molar-refractivity contribution is 5.93. The van der Waals surface area contributed by atoms with Gasteiger partial charge in [-0.05, 0) is 11.6 Å². The number of carboxylic acids is 1. The molecule has 0 spiro atoms. The second kappa shape index (κ2) is 12.5. The molecule has 4 aromatic rings. The molecule has 14 nitrogen and oxygen atoms in total. The van der Waals surface area contributed by atoms with Crippen molar-refractivity contribution in [1.82, 2.24) is 40.9 Å². The van der Waals surface area contributed by atoms with Crippen molar-refractivity contribution in [2.75, 3.05) is 6.54 Å². The second-order valence-electron chi connectivity index (χ2n) is 8.97. The Balaban J connectivity index is 1.38. The maximum Gasteiger partial charge on any atom is 0.326 e. The number of carboxylic acid groups (broad SMARTS) is 1. The van der Waals surface area contributed by atoms with Crippen LogP contribution in [0.4, 0.5) is 0 Å². The van der Waals surface area contributed by atoms with Crippen LogP contribution in [-0.2, 0) is 38.4 Å². The normalized spacial score (nSPS) is 13.4. The smallest absolute Gasteiger partial charge is 0.326 e. The SMILES string of the molecule is NC(Cc1cnc[nH]1)C(=O)NCC(=O)NC(Cc1cnc[nH]1)C(=O)NC(Cc1c[nH]c2ccccc12)C(=O)O. The van der Waals surface area contributed by atoms with Gasteiger partial charge in [0.2, 0.25) is 17.7 Å². The van der Waals surface area contributed by atoms with Crippen LogP contribution in [-0.4, -0.2) is 78.4 Å². The van der Waals surface area contributed by atoms with Crippen molar-refractivity contribution in [3.63, 3.8) is 0 Å². The summed E-state index contributed by atoms with van der Waals surface area (Å²) in [5.74, 6) is -3.13. The van der Waals surface area contributed by atoms with Crippen LogP contribution in [0.1, 0.15) is 17.0 Å². The zero-order valence-corrected chi connectivity index (χ0v) is 20.8. The third-order valence-electron chi connectivity index (χ3n) is 6.10. The van der Waals surface area contributed by atoms with Crippen molar-refractivity contribution in [2.24, 2.45) is 5.73 Å². The van der Waals surface area contributed by atoms with Gasteiger partial charge in [-0.25, -0.2) is 14.8 Å². The lowest BCUT2D eigenvalue weighted by Gasteiger charge is -2.21. The summed E-state index contributed by atoms with van der Waals surface area (Å²) >= 11 is 0. The summed E-state index contributed by atoms with van der Waals surface area (Å²) in [6, 6.07) is 4.12. The number of rotatable bonds is 13. The molecule has 1 aromatic carbocycles. The number of nitrogens with two attached hydrogens (primary N) is 1. The minimum Gasteiger partial charge on any atom is -0.480 e. The summed E-state index contributed by atoms with van der Waals surface area (Å²) in [6.45, 7) is -0.431. The Morgan fingerprint density at radius 1 is 0.872 bits per heavy atom. The van der Waals surface area contributed by atoms with Gasteiger partial charge >= 0.3 is 5.97 Å². The number of H-pyrrole nitrogens is 3. The molecule has 3 unspecified atom stereocenters. The van der Waals surface area contributed by atoms with Crippen molar-refractivity contribution < 1.29 is 24.3 Å². The van der Waals surface area contributed by atoms with Crippen molar-refractivity contribution >= 4 is 34.6 Å². The average Bonchev–Trinajstić information content (AvgIpc) is 3.69. The van der Waals surface area contributed by atoms with Crippen LogP contribution in [0.25, 0.3) is 10.9 Å². The van der Waals surface area contributed by atoms with E-state index in [9.17, 15) is 24.3 Å². The molecule has 39 heavy (non-hydrogen) atoms. The Morgan fingerprint density at radius 3 is 2.23 bits per heavy atom. The molecule has 3 amide bonds. The largest absolute Gasteiger partial charge is 0.480 e. The van der Waals surface area contributed by atoms with Crippen LogP contribution < -0.4 is 21.7 Å². The number of hydrogen-bond donors (Lipinski definition) is 8. The molecule has 3 atom stereocenters. The third-order valence-corrected chi connectivity index (χ3v) is 6.10. The van der Waals surface area contributed by atoms with Gasteiger partial charge in [-0.2, -0.15) is 0 Å². The highest BCUT2D eigenvalue weighted by Crippen LogP contribution is 2.19. The van der Waals surface area contributed by atoms with E-state index in [4.69, 9.17) is 5.73 Å². The van der Waals surface area contributed by atoms with Crippen LogP contribution in [0.15, 0.2) is 55.5 Å². The molecule has 0 saturated carbocycles. The number of aromatic amines is 3. The number of fused-ring (bicyclic) bond motifs is 1. The summed E-state index contributed by atoms with van der Waals surface area (Å²) in [6.07, 6.45) is 7.87. The van der Waals surface area contributed by atoms with E-state index >= 15 is 0 Å². The zero-order chi connectivity index (χ0) is 27.8. The number of aromatic nitrogens is 5. The molecule has 204 valence electrons. The van der Waals surface area contributed by atoms with E-state index in [2.05, 4.69) is 40.9 Å². The topological polar surface area (TPSA) is 224 Å². The predicted molar refractivity (Wildman–Crippen MR) is 139 cm³/mol. The van der Waals surface area contributed by atoms with Crippen molar-refractivity contribution in [3.05, 3.63) is 72.5 Å². The molecule has 4 rings (SSSR count). The number of hydrogen-bond acceptors (Lipinski definition) is 7. The number of nitrogens with one attached hydrogen (secondary N) is 6. The molecule has 0 saturated heterocycles. The molecule has 0 aliphatic carbocycles. The van der Waals surface area contributed by atoms with Gasteiger partial charge in [0, 0.05) is 60.1 Å². The highest BCUT2D eigenvalue weighted by Gasteiger charge is 2.28. The van der Waals surface area contributed by atoms with E-state index in [1.165, 1.54) is 18.9 Å². The molecule has 14 heteroatoms. The molecular weight excluding hydrogens is 506 g/mol. The lowest BCUT2D eigenvalue weighted by Crippen LogP contribution is -2.55. The minimum absolute atomic E-state index is 0.0181. The molecule has 0 aliphatic heterocycles. The lowest BCUT2D eigenvalue weighted by atomic mass is 10.0. The summed E-state index contributed by atoms with van der Waals surface area (Å²) in [4.78, 5) is 66.7. The first-order chi connectivity index (χ1) is 18.8. The zero-order valence-electron chi connectivity index (χ0n) is 20.8. The van der Waals surface area contributed by atoms with Crippen molar-refractivity contribution in [3.8, 4) is 0 Å². The Labute approximate surface area is 222 Å². The van der Waals surface area contributed by atoms with Gasteiger partial charge in [-0.1, -0.05) is 18.2 Å². The fourth-order valence-corrected chi connectivity index (χ4v) is 4.09. The lowest BCUT2D eigenvalue weighted by molar-refractivity contribution is -0.142. The Bertz CT molecular complexity index is 1410. The van der Waals surface area contributed by atoms with Gasteiger partial charge in [0.05, 0.1) is 25.2 Å². The number of carbonyl (C=O) groups excluding carboxylic acids is 3. The molecule has 0 aliphatic rings. The second-order valence-corrected chi connectivity index (χ2v) is 8.97. The van der Waals surface area contributed by atoms with E-state index < -0.39 is 48.4 Å². The van der Waals surface area contributed by atoms with Crippen LogP contribution in [0.3, 0.4) is 0 Å². The standard InChI is InChI=1S/C25H29N9O5/c26-18(6-15-9-27-12-31-15)23(36)30-11-22(35)33-20(7-16-10-28-13-32-16)24(37)34-21(25(38)39)5-14-8-29-19-4-2-1-3-17(14)19/h1-4,8-10,12-13,18,20-21,29H,5-7,11,26H2,(H,27,31)(H,28,32)(H,30,36)(H,33,35)(H,34,37)(H,38,39). The van der Waals surface area contributed by atoms with Gasteiger partial charge in [0.15, 0.2) is 0 Å². The van der Waals surface area contributed by atoms with E-state index in [-0.39, 0.29) is 19.3 Å². The molecule has 0 fully saturated rings. The minimum atomic E-state index is -1.25. The van der Waals surface area contributed by atoms with E-state index in [1.807, 2.05) is 24.3 Å². The Morgan fingerprint density at radius 2 is 1.56 bits per heavy atom. The van der Waals surface area contributed by atoms with E-state index in [1.54, 1.807) is 12.4 Å². The van der Waals surface area contributed by atoms with Gasteiger partial charge in [0.1, 0.15) is 12.1 Å². The first kappa shape index (κ1) is 27.1. The first-order valence-corrected chi connectivity index (χ1v) is 12.2. The van der Waals surface area contributed by atoms with Crippen LogP contribution in [0, 0.1) is 0 Å². The number of amides is 3. The average molecular weight is 536 g/mol.